The lowest BCUT2D eigenvalue weighted by atomic mass is 9.93. The molecule has 39 heavy (non-hydrogen) atoms. The van der Waals surface area contributed by atoms with Gasteiger partial charge in [0.05, 0.1) is 24.9 Å². The number of methoxy groups -OCH3 is 1. The second kappa shape index (κ2) is 11.7. The number of anilines is 4. The standard InChI is InChI=1S/C28H40N8O3/c1-19-18-36(21-8-6-5-7-9-21)25-23(34(3)27(19)38)17-29-28(31-25)30-22-11-10-20(16-24(22)39-4)26(37)32-35-14-12-33(2)13-15-35/h10-11,16-17,19,21H,5-9,12-15,18H2,1-4H3,(H,32,37)(H,29,30,31). The van der Waals surface area contributed by atoms with Crippen LogP contribution in [0, 0.1) is 5.92 Å². The highest BCUT2D eigenvalue weighted by atomic mass is 16.5. The third-order valence-corrected chi connectivity index (χ3v) is 8.09. The molecule has 0 spiro atoms. The van der Waals surface area contributed by atoms with Crippen molar-refractivity contribution in [1.82, 2.24) is 25.3 Å². The summed E-state index contributed by atoms with van der Waals surface area (Å²) in [7, 11) is 5.45. The summed E-state index contributed by atoms with van der Waals surface area (Å²) in [5.41, 5.74) is 4.89. The van der Waals surface area contributed by atoms with E-state index in [1.165, 1.54) is 19.3 Å². The van der Waals surface area contributed by atoms with Gasteiger partial charge in [0.2, 0.25) is 11.9 Å². The van der Waals surface area contributed by atoms with Gasteiger partial charge in [0.25, 0.3) is 5.91 Å². The number of hydrogen-bond donors (Lipinski definition) is 2. The molecule has 0 radical (unpaired) electrons. The number of rotatable bonds is 6. The zero-order valence-corrected chi connectivity index (χ0v) is 23.4. The van der Waals surface area contributed by atoms with Crippen LogP contribution in [0.4, 0.5) is 23.1 Å². The predicted molar refractivity (Wildman–Crippen MR) is 152 cm³/mol. The monoisotopic (exact) mass is 536 g/mol. The van der Waals surface area contributed by atoms with Gasteiger partial charge in [0, 0.05) is 51.4 Å². The molecule has 1 atom stereocenters. The molecule has 3 heterocycles. The Bertz CT molecular complexity index is 1190. The van der Waals surface area contributed by atoms with Gasteiger partial charge in [-0.25, -0.2) is 9.99 Å². The summed E-state index contributed by atoms with van der Waals surface area (Å²) in [5.74, 6) is 1.48. The number of fused-ring (bicyclic) bond motifs is 1. The van der Waals surface area contributed by atoms with Gasteiger partial charge >= 0.3 is 0 Å². The van der Waals surface area contributed by atoms with Crippen LogP contribution in [-0.2, 0) is 4.79 Å². The number of likely N-dealkylation sites (N-methyl/N-ethyl adjacent to an activating group) is 1. The van der Waals surface area contributed by atoms with Crippen molar-refractivity contribution < 1.29 is 14.3 Å². The van der Waals surface area contributed by atoms with E-state index in [2.05, 4.69) is 32.6 Å². The van der Waals surface area contributed by atoms with Gasteiger partial charge in [-0.15, -0.1) is 0 Å². The van der Waals surface area contributed by atoms with Gasteiger partial charge in [0.1, 0.15) is 11.4 Å². The van der Waals surface area contributed by atoms with Crippen molar-refractivity contribution in [3.05, 3.63) is 30.0 Å². The Morgan fingerprint density at radius 2 is 1.82 bits per heavy atom. The number of amides is 2. The summed E-state index contributed by atoms with van der Waals surface area (Å²) in [6, 6.07) is 5.65. The summed E-state index contributed by atoms with van der Waals surface area (Å²) < 4.78 is 5.62. The van der Waals surface area contributed by atoms with Crippen molar-refractivity contribution in [2.45, 2.75) is 45.1 Å². The van der Waals surface area contributed by atoms with Crippen LogP contribution in [0.2, 0.25) is 0 Å². The van der Waals surface area contributed by atoms with E-state index in [0.29, 0.717) is 35.5 Å². The highest BCUT2D eigenvalue weighted by Crippen LogP contribution is 2.37. The molecule has 1 saturated carbocycles. The normalized spacial score (nSPS) is 21.3. The molecule has 2 N–H and O–H groups in total. The average Bonchev–Trinajstić information content (AvgIpc) is 3.05. The Hall–Kier alpha value is -3.44. The average molecular weight is 537 g/mol. The number of hydrazine groups is 1. The fourth-order valence-corrected chi connectivity index (χ4v) is 5.68. The molecule has 5 rings (SSSR count). The van der Waals surface area contributed by atoms with E-state index in [9.17, 15) is 9.59 Å². The highest BCUT2D eigenvalue weighted by molar-refractivity contribution is 5.99. The summed E-state index contributed by atoms with van der Waals surface area (Å²) in [5, 5.41) is 5.23. The lowest BCUT2D eigenvalue weighted by Crippen LogP contribution is -2.52. The molecule has 1 aromatic carbocycles. The van der Waals surface area contributed by atoms with E-state index in [1.807, 2.05) is 18.0 Å². The van der Waals surface area contributed by atoms with Crippen molar-refractivity contribution in [3.63, 3.8) is 0 Å². The van der Waals surface area contributed by atoms with Gasteiger partial charge in [0.15, 0.2) is 5.82 Å². The maximum absolute atomic E-state index is 13.0. The number of carbonyl (C=O) groups is 2. The Balaban J connectivity index is 1.38. The molecule has 11 heteroatoms. The SMILES string of the molecule is COc1cc(C(=O)NN2CCN(C)CC2)ccc1Nc1ncc2c(n1)N(C1CCCCC1)CC(C)C(=O)N2C. The summed E-state index contributed by atoms with van der Waals surface area (Å²) in [6.07, 6.45) is 7.56. The highest BCUT2D eigenvalue weighted by Gasteiger charge is 2.34. The number of hydrogen-bond acceptors (Lipinski definition) is 9. The molecule has 1 saturated heterocycles. The summed E-state index contributed by atoms with van der Waals surface area (Å²) >= 11 is 0. The van der Waals surface area contributed by atoms with Crippen LogP contribution in [0.3, 0.4) is 0 Å². The molecular weight excluding hydrogens is 496 g/mol. The fraction of sp³-hybridized carbons (Fsp3) is 0.571. The van der Waals surface area contributed by atoms with Crippen LogP contribution >= 0.6 is 0 Å². The van der Waals surface area contributed by atoms with E-state index in [-0.39, 0.29) is 17.7 Å². The summed E-state index contributed by atoms with van der Waals surface area (Å²) in [6.45, 7) is 6.01. The Labute approximate surface area is 230 Å². The first-order valence-electron chi connectivity index (χ1n) is 13.9. The van der Waals surface area contributed by atoms with Crippen LogP contribution in [0.15, 0.2) is 24.4 Å². The largest absolute Gasteiger partial charge is 0.495 e. The minimum absolute atomic E-state index is 0.0750. The lowest BCUT2D eigenvalue weighted by molar-refractivity contribution is -0.121. The van der Waals surface area contributed by atoms with Crippen LogP contribution in [0.1, 0.15) is 49.4 Å². The molecule has 1 aliphatic carbocycles. The second-order valence-electron chi connectivity index (χ2n) is 10.9. The predicted octanol–water partition coefficient (Wildman–Crippen LogP) is 2.87. The smallest absolute Gasteiger partial charge is 0.265 e. The fourth-order valence-electron chi connectivity index (χ4n) is 5.68. The van der Waals surface area contributed by atoms with E-state index in [1.54, 1.807) is 37.4 Å². The molecule has 2 aliphatic heterocycles. The Kier molecular flexibility index (Phi) is 8.18. The molecule has 2 aromatic rings. The first-order chi connectivity index (χ1) is 18.8. The number of piperazine rings is 1. The third kappa shape index (κ3) is 5.94. The van der Waals surface area contributed by atoms with Crippen molar-refractivity contribution in [3.8, 4) is 5.75 Å². The molecule has 3 aliphatic rings. The maximum atomic E-state index is 13.0. The number of ether oxygens (including phenoxy) is 1. The summed E-state index contributed by atoms with van der Waals surface area (Å²) in [4.78, 5) is 41.6. The maximum Gasteiger partial charge on any atom is 0.265 e. The van der Waals surface area contributed by atoms with Crippen molar-refractivity contribution in [2.24, 2.45) is 5.92 Å². The van der Waals surface area contributed by atoms with E-state index in [4.69, 9.17) is 9.72 Å². The van der Waals surface area contributed by atoms with Crippen LogP contribution in [0.5, 0.6) is 5.75 Å². The third-order valence-electron chi connectivity index (χ3n) is 8.09. The minimum atomic E-state index is -0.171. The van der Waals surface area contributed by atoms with E-state index < -0.39 is 0 Å². The molecule has 11 nitrogen and oxygen atoms in total. The molecule has 1 aromatic heterocycles. The van der Waals surface area contributed by atoms with Gasteiger partial charge in [-0.3, -0.25) is 15.0 Å². The van der Waals surface area contributed by atoms with Gasteiger partial charge in [-0.1, -0.05) is 26.2 Å². The molecule has 0 bridgehead atoms. The Morgan fingerprint density at radius 1 is 1.08 bits per heavy atom. The molecular formula is C28H40N8O3. The number of aromatic nitrogens is 2. The van der Waals surface area contributed by atoms with Gasteiger partial charge in [-0.2, -0.15) is 4.98 Å². The van der Waals surface area contributed by atoms with Gasteiger partial charge < -0.3 is 24.8 Å². The zero-order chi connectivity index (χ0) is 27.5. The quantitative estimate of drug-likeness (QED) is 0.576. The number of nitrogens with zero attached hydrogens (tertiary/aromatic N) is 6. The van der Waals surface area contributed by atoms with Crippen LogP contribution < -0.4 is 25.3 Å². The number of benzene rings is 1. The van der Waals surface area contributed by atoms with Crippen LogP contribution in [-0.4, -0.2) is 91.7 Å². The first-order valence-corrected chi connectivity index (χ1v) is 13.9. The topological polar surface area (TPSA) is 106 Å². The first kappa shape index (κ1) is 27.1. The van der Waals surface area contributed by atoms with E-state index >= 15 is 0 Å². The van der Waals surface area contributed by atoms with Gasteiger partial charge in [-0.05, 0) is 38.1 Å². The lowest BCUT2D eigenvalue weighted by Gasteiger charge is -2.35. The molecule has 210 valence electrons. The Morgan fingerprint density at radius 3 is 2.54 bits per heavy atom. The second-order valence-corrected chi connectivity index (χ2v) is 10.9. The van der Waals surface area contributed by atoms with Crippen molar-refractivity contribution in [2.75, 3.05) is 69.0 Å². The van der Waals surface area contributed by atoms with Crippen molar-refractivity contribution >= 4 is 35.0 Å². The molecule has 1 unspecified atom stereocenters. The molecule has 2 amide bonds. The zero-order valence-electron chi connectivity index (χ0n) is 23.4. The van der Waals surface area contributed by atoms with Crippen molar-refractivity contribution in [1.29, 1.82) is 0 Å². The number of nitrogens with one attached hydrogen (secondary N) is 2. The minimum Gasteiger partial charge on any atom is -0.495 e. The van der Waals surface area contributed by atoms with Crippen LogP contribution in [0.25, 0.3) is 0 Å². The van der Waals surface area contributed by atoms with E-state index in [0.717, 1.165) is 50.5 Å². The number of carbonyl (C=O) groups excluding carboxylic acids is 2. The molecule has 2 fully saturated rings.